The molecular weight excluding hydrogens is 120 g/mol. The Bertz CT molecular complexity index is 144. The third-order valence-corrected chi connectivity index (χ3v) is 2.07. The van der Waals surface area contributed by atoms with Crippen LogP contribution in [0.1, 0.15) is 12.8 Å². The quantitative estimate of drug-likeness (QED) is 0.515. The van der Waals surface area contributed by atoms with Gasteiger partial charge >= 0.3 is 5.97 Å². The summed E-state index contributed by atoms with van der Waals surface area (Å²) in [5.74, 6) is -0.778. The molecule has 1 aliphatic heterocycles. The summed E-state index contributed by atoms with van der Waals surface area (Å²) in [7, 11) is 0. The molecule has 2 rings (SSSR count). The minimum atomic E-state index is -0.661. The van der Waals surface area contributed by atoms with E-state index in [1.165, 1.54) is 0 Å². The number of hydrogen-bond donors (Lipinski definition) is 1. The van der Waals surface area contributed by atoms with Gasteiger partial charge in [-0.1, -0.05) is 0 Å². The van der Waals surface area contributed by atoms with Gasteiger partial charge in [0.25, 0.3) is 0 Å². The van der Waals surface area contributed by atoms with E-state index >= 15 is 0 Å². The van der Waals surface area contributed by atoms with E-state index < -0.39 is 5.97 Å². The number of hydrogen-bond acceptors (Lipinski definition) is 2. The third-order valence-electron chi connectivity index (χ3n) is 2.07. The molecule has 0 radical (unpaired) electrons. The molecule has 1 heterocycles. The minimum Gasteiger partial charge on any atom is -0.481 e. The standard InChI is InChI=1S/C6H8O3/c7-6(8)3-1-4-5(2-3)9-4/h3-5H,1-2H2,(H,7,8)/t3-,4+,5-. The first-order valence-corrected chi connectivity index (χ1v) is 3.15. The number of ether oxygens (including phenoxy) is 1. The Morgan fingerprint density at radius 3 is 2.33 bits per heavy atom. The lowest BCUT2D eigenvalue weighted by molar-refractivity contribution is -0.142. The first-order chi connectivity index (χ1) is 4.27. The van der Waals surface area contributed by atoms with Crippen LogP contribution >= 0.6 is 0 Å². The van der Waals surface area contributed by atoms with Crippen molar-refractivity contribution in [2.24, 2.45) is 5.92 Å². The summed E-state index contributed by atoms with van der Waals surface area (Å²) in [5.41, 5.74) is 0. The van der Waals surface area contributed by atoms with Gasteiger partial charge in [0.1, 0.15) is 0 Å². The number of aliphatic carboxylic acids is 1. The first-order valence-electron chi connectivity index (χ1n) is 3.15. The second-order valence-corrected chi connectivity index (χ2v) is 2.72. The maximum absolute atomic E-state index is 10.3. The Balaban J connectivity index is 1.97. The van der Waals surface area contributed by atoms with Crippen molar-refractivity contribution in [3.8, 4) is 0 Å². The van der Waals surface area contributed by atoms with Crippen LogP contribution in [0, 0.1) is 5.92 Å². The van der Waals surface area contributed by atoms with Crippen molar-refractivity contribution in [3.05, 3.63) is 0 Å². The van der Waals surface area contributed by atoms with Crippen LogP contribution in [0.5, 0.6) is 0 Å². The normalized spacial score (nSPS) is 46.4. The molecule has 0 bridgehead atoms. The molecule has 50 valence electrons. The minimum absolute atomic E-state index is 0.117. The van der Waals surface area contributed by atoms with E-state index in [1.54, 1.807) is 0 Å². The second kappa shape index (κ2) is 1.48. The van der Waals surface area contributed by atoms with E-state index in [-0.39, 0.29) is 5.92 Å². The van der Waals surface area contributed by atoms with Gasteiger partial charge in [0, 0.05) is 0 Å². The molecule has 0 spiro atoms. The Kier molecular flexibility index (Phi) is 0.858. The van der Waals surface area contributed by atoms with Crippen LogP contribution in [0.4, 0.5) is 0 Å². The fourth-order valence-corrected chi connectivity index (χ4v) is 1.45. The van der Waals surface area contributed by atoms with Gasteiger partial charge < -0.3 is 9.84 Å². The van der Waals surface area contributed by atoms with Crippen LogP contribution in [0.25, 0.3) is 0 Å². The lowest BCUT2D eigenvalue weighted by Gasteiger charge is -2.01. The molecule has 3 heteroatoms. The van der Waals surface area contributed by atoms with Crippen LogP contribution in [0.3, 0.4) is 0 Å². The molecule has 1 aliphatic carbocycles. The largest absolute Gasteiger partial charge is 0.481 e. The van der Waals surface area contributed by atoms with E-state index in [9.17, 15) is 4.79 Å². The van der Waals surface area contributed by atoms with Gasteiger partial charge in [-0.15, -0.1) is 0 Å². The summed E-state index contributed by atoms with van der Waals surface area (Å²) >= 11 is 0. The van der Waals surface area contributed by atoms with Gasteiger partial charge in [-0.25, -0.2) is 0 Å². The molecular formula is C6H8O3. The Hall–Kier alpha value is -0.570. The van der Waals surface area contributed by atoms with E-state index in [0.717, 1.165) is 12.8 Å². The Morgan fingerprint density at radius 1 is 1.44 bits per heavy atom. The van der Waals surface area contributed by atoms with E-state index in [4.69, 9.17) is 9.84 Å². The van der Waals surface area contributed by atoms with Gasteiger partial charge in [0.15, 0.2) is 0 Å². The second-order valence-electron chi connectivity index (χ2n) is 2.72. The van der Waals surface area contributed by atoms with Crippen LogP contribution < -0.4 is 0 Å². The molecule has 9 heavy (non-hydrogen) atoms. The maximum Gasteiger partial charge on any atom is 0.306 e. The van der Waals surface area contributed by atoms with Gasteiger partial charge in [0.05, 0.1) is 18.1 Å². The average molecular weight is 128 g/mol. The number of carboxylic acid groups (broad SMARTS) is 1. The smallest absolute Gasteiger partial charge is 0.306 e. The molecule has 3 nitrogen and oxygen atoms in total. The van der Waals surface area contributed by atoms with E-state index in [0.29, 0.717) is 12.2 Å². The Morgan fingerprint density at radius 2 is 2.00 bits per heavy atom. The summed E-state index contributed by atoms with van der Waals surface area (Å²) < 4.78 is 5.07. The molecule has 1 saturated carbocycles. The van der Waals surface area contributed by atoms with Crippen molar-refractivity contribution in [1.29, 1.82) is 0 Å². The van der Waals surface area contributed by atoms with Crippen molar-refractivity contribution in [3.63, 3.8) is 0 Å². The van der Waals surface area contributed by atoms with E-state index in [1.807, 2.05) is 0 Å². The van der Waals surface area contributed by atoms with E-state index in [2.05, 4.69) is 0 Å². The fraction of sp³-hybridized carbons (Fsp3) is 0.833. The Labute approximate surface area is 52.6 Å². The lowest BCUT2D eigenvalue weighted by Crippen LogP contribution is -2.11. The molecule has 0 aromatic rings. The predicted octanol–water partition coefficient (Wildman–Crippen LogP) is 0.248. The summed E-state index contributed by atoms with van der Waals surface area (Å²) in [6, 6.07) is 0. The van der Waals surface area contributed by atoms with Gasteiger partial charge in [0.2, 0.25) is 0 Å². The van der Waals surface area contributed by atoms with Crippen LogP contribution in [0.15, 0.2) is 0 Å². The van der Waals surface area contributed by atoms with Crippen LogP contribution in [-0.4, -0.2) is 23.3 Å². The lowest BCUT2D eigenvalue weighted by atomic mass is 10.1. The predicted molar refractivity (Wildman–Crippen MR) is 29.0 cm³/mol. The first kappa shape index (κ1) is 5.23. The topological polar surface area (TPSA) is 49.8 Å². The van der Waals surface area contributed by atoms with Crippen molar-refractivity contribution in [2.75, 3.05) is 0 Å². The zero-order chi connectivity index (χ0) is 6.43. The highest BCUT2D eigenvalue weighted by Gasteiger charge is 2.50. The molecule has 2 aliphatic rings. The zero-order valence-electron chi connectivity index (χ0n) is 4.91. The monoisotopic (exact) mass is 128 g/mol. The van der Waals surface area contributed by atoms with Crippen molar-refractivity contribution in [2.45, 2.75) is 25.0 Å². The number of carbonyl (C=O) groups is 1. The number of carboxylic acids is 1. The number of epoxide rings is 1. The van der Waals surface area contributed by atoms with Gasteiger partial charge in [-0.3, -0.25) is 4.79 Å². The molecule has 0 aromatic heterocycles. The molecule has 3 atom stereocenters. The van der Waals surface area contributed by atoms with Crippen molar-refractivity contribution in [1.82, 2.24) is 0 Å². The molecule has 1 saturated heterocycles. The molecule has 0 amide bonds. The van der Waals surface area contributed by atoms with Gasteiger partial charge in [-0.05, 0) is 12.8 Å². The zero-order valence-corrected chi connectivity index (χ0v) is 4.91. The summed E-state index contributed by atoms with van der Waals surface area (Å²) in [6.45, 7) is 0. The summed E-state index contributed by atoms with van der Waals surface area (Å²) in [6.07, 6.45) is 2.07. The van der Waals surface area contributed by atoms with Gasteiger partial charge in [-0.2, -0.15) is 0 Å². The third kappa shape index (κ3) is 0.721. The molecule has 0 aromatic carbocycles. The van der Waals surface area contributed by atoms with Crippen LogP contribution in [0.2, 0.25) is 0 Å². The molecule has 0 unspecified atom stereocenters. The highest BCUT2D eigenvalue weighted by Crippen LogP contribution is 2.41. The molecule has 1 N–H and O–H groups in total. The maximum atomic E-state index is 10.3. The number of fused-ring (bicyclic) bond motifs is 1. The van der Waals surface area contributed by atoms with Crippen molar-refractivity contribution >= 4 is 5.97 Å². The summed E-state index contributed by atoms with van der Waals surface area (Å²) in [5, 5.41) is 8.50. The highest BCUT2D eigenvalue weighted by molar-refractivity contribution is 5.70. The average Bonchev–Trinajstić information content (AvgIpc) is 2.40. The van der Waals surface area contributed by atoms with Crippen LogP contribution in [-0.2, 0) is 9.53 Å². The summed E-state index contributed by atoms with van der Waals surface area (Å²) in [4.78, 5) is 10.3. The van der Waals surface area contributed by atoms with Crippen molar-refractivity contribution < 1.29 is 14.6 Å². The highest BCUT2D eigenvalue weighted by atomic mass is 16.6. The SMILES string of the molecule is O=C(O)[C@@H]1C[C@@H]2O[C@@H]2C1. The number of rotatable bonds is 1. The fourth-order valence-electron chi connectivity index (χ4n) is 1.45. The molecule has 2 fully saturated rings.